The molecule has 0 aliphatic carbocycles. The Bertz CT molecular complexity index is 1430. The van der Waals surface area contributed by atoms with Crippen molar-refractivity contribution in [3.05, 3.63) is 47.5 Å². The minimum absolute atomic E-state index is 0. The molecule has 0 radical (unpaired) electrons. The summed E-state index contributed by atoms with van der Waals surface area (Å²) in [4.78, 5) is 53.8. The monoisotopic (exact) mass is 814 g/mol. The van der Waals surface area contributed by atoms with E-state index >= 15 is 0 Å². The van der Waals surface area contributed by atoms with Gasteiger partial charge in [0, 0.05) is 25.4 Å². The lowest BCUT2D eigenvalue weighted by Crippen LogP contribution is -2.58. The van der Waals surface area contributed by atoms with Gasteiger partial charge in [-0.2, -0.15) is 0 Å². The molecule has 1 aliphatic heterocycles. The number of aliphatic hydroxyl groups is 1. The highest BCUT2D eigenvalue weighted by Gasteiger charge is 2.31. The van der Waals surface area contributed by atoms with Crippen LogP contribution >= 0.6 is 49.6 Å². The molecule has 0 aromatic heterocycles. The van der Waals surface area contributed by atoms with Crippen molar-refractivity contribution >= 4 is 73.3 Å². The van der Waals surface area contributed by atoms with E-state index in [1.165, 1.54) is 12.1 Å². The van der Waals surface area contributed by atoms with Gasteiger partial charge in [-0.1, -0.05) is 12.1 Å². The molecule has 0 spiro atoms. The van der Waals surface area contributed by atoms with Crippen molar-refractivity contribution in [3.8, 4) is 22.6 Å². The second-order valence-electron chi connectivity index (χ2n) is 12.1. The standard InChI is InChI=1S/C33H50N8O7.4ClH/c34-11-1-5-25(31(46)38-13-3-4-23(36)18-42)40-33(48)27-17-22-15-20(8-10-29(22)44)19-7-9-28(43)21(14-19)16-24(37)30(45)39-26(6-2-12-35)32(47)41-27;;;;/h7-10,14-15,23-27,42-44H,1-6,11-13,16-18,34-37H2,(H,38,46)(H,39,45)(H,40,48)(H,41,47);4*1H/t23-,24-,25-,26-,27-;;;;/m0..../s1. The number of hydrogen-bond donors (Lipinski definition) is 11. The second-order valence-corrected chi connectivity index (χ2v) is 12.1. The van der Waals surface area contributed by atoms with E-state index < -0.39 is 53.8 Å². The number of aromatic hydroxyl groups is 2. The van der Waals surface area contributed by atoms with Crippen molar-refractivity contribution in [1.82, 2.24) is 21.3 Å². The summed E-state index contributed by atoms with van der Waals surface area (Å²) in [5.41, 5.74) is 25.4. The number of phenols is 2. The van der Waals surface area contributed by atoms with Crippen molar-refractivity contribution in [2.75, 3.05) is 26.2 Å². The molecule has 0 saturated heterocycles. The number of rotatable bonds is 14. The van der Waals surface area contributed by atoms with E-state index in [9.17, 15) is 29.4 Å². The van der Waals surface area contributed by atoms with Gasteiger partial charge >= 0.3 is 0 Å². The molecule has 4 bridgehead atoms. The summed E-state index contributed by atoms with van der Waals surface area (Å²) in [6, 6.07) is 4.77. The maximum atomic E-state index is 13.9. The Morgan fingerprint density at radius 3 is 1.96 bits per heavy atom. The summed E-state index contributed by atoms with van der Waals surface area (Å²) in [6.45, 7) is 0.608. The summed E-state index contributed by atoms with van der Waals surface area (Å²) in [7, 11) is 0. The number of amides is 4. The molecule has 52 heavy (non-hydrogen) atoms. The first-order chi connectivity index (χ1) is 23.0. The number of aliphatic hydroxyl groups excluding tert-OH is 1. The molecule has 3 rings (SSSR count). The van der Waals surface area contributed by atoms with E-state index in [0.29, 0.717) is 47.9 Å². The molecule has 4 amide bonds. The summed E-state index contributed by atoms with van der Waals surface area (Å²) < 4.78 is 0. The number of phenolic OH excluding ortho intramolecular Hbond substituents is 2. The predicted octanol–water partition coefficient (Wildman–Crippen LogP) is 0.0261. The van der Waals surface area contributed by atoms with Gasteiger partial charge in [-0.25, -0.2) is 0 Å². The maximum Gasteiger partial charge on any atom is 0.243 e. The molecule has 1 heterocycles. The molecule has 2 aromatic carbocycles. The average Bonchev–Trinajstić information content (AvgIpc) is 3.07. The van der Waals surface area contributed by atoms with Gasteiger partial charge in [0.15, 0.2) is 0 Å². The zero-order valence-electron chi connectivity index (χ0n) is 28.8. The van der Waals surface area contributed by atoms with Crippen LogP contribution in [0.2, 0.25) is 0 Å². The highest BCUT2D eigenvalue weighted by Crippen LogP contribution is 2.31. The van der Waals surface area contributed by atoms with Crippen LogP contribution in [0.4, 0.5) is 0 Å². The van der Waals surface area contributed by atoms with E-state index in [1.807, 2.05) is 0 Å². The molecule has 0 unspecified atom stereocenters. The summed E-state index contributed by atoms with van der Waals surface area (Å²) in [5, 5.41) is 41.4. The fourth-order valence-electron chi connectivity index (χ4n) is 5.41. The first-order valence-corrected chi connectivity index (χ1v) is 16.3. The molecule has 0 fully saturated rings. The van der Waals surface area contributed by atoms with Gasteiger partial charge in [0.05, 0.1) is 12.6 Å². The highest BCUT2D eigenvalue weighted by molar-refractivity contribution is 5.95. The van der Waals surface area contributed by atoms with Gasteiger partial charge < -0.3 is 59.5 Å². The van der Waals surface area contributed by atoms with E-state index in [0.717, 1.165) is 0 Å². The third kappa shape index (κ3) is 15.5. The molecule has 296 valence electrons. The molecule has 1 aliphatic rings. The van der Waals surface area contributed by atoms with Gasteiger partial charge in [-0.3, -0.25) is 19.2 Å². The van der Waals surface area contributed by atoms with Gasteiger partial charge in [0.2, 0.25) is 23.6 Å². The topological polar surface area (TPSA) is 281 Å². The van der Waals surface area contributed by atoms with Crippen LogP contribution in [0.15, 0.2) is 36.4 Å². The lowest BCUT2D eigenvalue weighted by Gasteiger charge is -2.26. The zero-order chi connectivity index (χ0) is 35.2. The van der Waals surface area contributed by atoms with Crippen LogP contribution in [0.1, 0.15) is 49.7 Å². The van der Waals surface area contributed by atoms with Crippen molar-refractivity contribution in [2.45, 2.75) is 81.6 Å². The van der Waals surface area contributed by atoms with E-state index in [-0.39, 0.29) is 113 Å². The van der Waals surface area contributed by atoms with Gasteiger partial charge in [0.25, 0.3) is 0 Å². The van der Waals surface area contributed by atoms with Gasteiger partial charge in [0.1, 0.15) is 29.6 Å². The quantitative estimate of drug-likeness (QED) is 0.113. The molecule has 5 atom stereocenters. The Labute approximate surface area is 328 Å². The van der Waals surface area contributed by atoms with E-state index in [2.05, 4.69) is 21.3 Å². The number of carbonyl (C=O) groups is 4. The van der Waals surface area contributed by atoms with Crippen LogP contribution in [-0.4, -0.2) is 95.4 Å². The van der Waals surface area contributed by atoms with Gasteiger partial charge in [-0.15, -0.1) is 49.6 Å². The number of fused-ring (bicyclic) bond motifs is 5. The molecule has 15 N–H and O–H groups in total. The molecule has 0 saturated carbocycles. The van der Waals surface area contributed by atoms with Crippen LogP contribution in [0.3, 0.4) is 0 Å². The Morgan fingerprint density at radius 2 is 1.40 bits per heavy atom. The third-order valence-corrected chi connectivity index (χ3v) is 8.27. The molecule has 19 heteroatoms. The number of nitrogens with two attached hydrogens (primary N) is 4. The van der Waals surface area contributed by atoms with Crippen molar-refractivity contribution in [3.63, 3.8) is 0 Å². The van der Waals surface area contributed by atoms with Crippen molar-refractivity contribution in [2.24, 2.45) is 22.9 Å². The van der Waals surface area contributed by atoms with Crippen LogP contribution in [-0.2, 0) is 32.0 Å². The predicted molar refractivity (Wildman–Crippen MR) is 209 cm³/mol. The molecule has 2 aromatic rings. The van der Waals surface area contributed by atoms with Crippen molar-refractivity contribution < 1.29 is 34.5 Å². The average molecular weight is 817 g/mol. The number of halogens is 4. The molecule has 15 nitrogen and oxygen atoms in total. The smallest absolute Gasteiger partial charge is 0.243 e. The third-order valence-electron chi connectivity index (χ3n) is 8.27. The van der Waals surface area contributed by atoms with Crippen LogP contribution < -0.4 is 44.2 Å². The number of benzene rings is 2. The lowest BCUT2D eigenvalue weighted by molar-refractivity contribution is -0.134. The summed E-state index contributed by atoms with van der Waals surface area (Å²) in [6.07, 6.45) is 2.00. The van der Waals surface area contributed by atoms with Crippen LogP contribution in [0.5, 0.6) is 11.5 Å². The number of hydrogen-bond acceptors (Lipinski definition) is 11. The number of carbonyl (C=O) groups excluding carboxylic acids is 4. The summed E-state index contributed by atoms with van der Waals surface area (Å²) in [5.74, 6) is -2.63. The first-order valence-electron chi connectivity index (χ1n) is 16.3. The van der Waals surface area contributed by atoms with Crippen LogP contribution in [0, 0.1) is 0 Å². The van der Waals surface area contributed by atoms with E-state index in [4.69, 9.17) is 28.0 Å². The van der Waals surface area contributed by atoms with Crippen LogP contribution in [0.25, 0.3) is 11.1 Å². The van der Waals surface area contributed by atoms with E-state index in [1.54, 1.807) is 24.3 Å². The Hall–Kier alpha value is -3.12. The molecular formula is C33H54Cl4N8O7. The largest absolute Gasteiger partial charge is 0.508 e. The first kappa shape index (κ1) is 51.0. The number of nitrogens with one attached hydrogen (secondary N) is 4. The fourth-order valence-corrected chi connectivity index (χ4v) is 5.41. The molecular weight excluding hydrogens is 762 g/mol. The van der Waals surface area contributed by atoms with Crippen molar-refractivity contribution in [1.29, 1.82) is 0 Å². The lowest BCUT2D eigenvalue weighted by atomic mass is 9.95. The SMILES string of the molecule is Cl.Cl.Cl.Cl.NCCC[C@H](NC(=O)[C@@H]1Cc2cc(ccc2O)-c2ccc(O)c(c2)C[C@H](N)C(=O)N[C@@H](CCCN)C(=O)N1)C(=O)NCCC[C@H](N)CO. The zero-order valence-corrected chi connectivity index (χ0v) is 32.0. The Morgan fingerprint density at radius 1 is 0.827 bits per heavy atom. The Kier molecular flexibility index (Phi) is 25.3. The minimum atomic E-state index is -1.28. The highest BCUT2D eigenvalue weighted by atomic mass is 35.5. The minimum Gasteiger partial charge on any atom is -0.508 e. The maximum absolute atomic E-state index is 13.9. The normalized spacial score (nSPS) is 18.1. The Balaban J connectivity index is 0. The second kappa shape index (κ2) is 25.8. The van der Waals surface area contributed by atoms with Gasteiger partial charge in [-0.05, 0) is 98.1 Å². The fraction of sp³-hybridized carbons (Fsp3) is 0.515. The summed E-state index contributed by atoms with van der Waals surface area (Å²) >= 11 is 0.